The van der Waals surface area contributed by atoms with E-state index < -0.39 is 0 Å². The number of fused-ring (bicyclic) bond motifs is 2. The molecule has 0 spiro atoms. The van der Waals surface area contributed by atoms with Gasteiger partial charge in [0.2, 0.25) is 6.79 Å². The summed E-state index contributed by atoms with van der Waals surface area (Å²) >= 11 is 3.87. The molecule has 0 atom stereocenters. The Hall–Kier alpha value is -1.79. The molecule has 0 aliphatic carbocycles. The van der Waals surface area contributed by atoms with E-state index in [1.165, 1.54) is 6.33 Å². The van der Waals surface area contributed by atoms with Crippen LogP contribution in [0.25, 0.3) is 11.2 Å². The third-order valence-corrected chi connectivity index (χ3v) is 6.58. The molecular weight excluding hydrogens is 490 g/mol. The summed E-state index contributed by atoms with van der Waals surface area (Å²) in [5, 5.41) is 4.28. The Kier molecular flexibility index (Phi) is 5.78. The second-order valence-electron chi connectivity index (χ2n) is 6.68. The standard InChI is InChI=1S/C18H21IN6O2S/c1-10(2)21-4-3-5-25-17-15(16(20)22-8-23-17)24-18(25)28-14-7-13-12(6-11(14)19)26-9-27-13/h6-8,10,21H,3-5,9H2,1-2H3,(H2,20,22,23)/i9-1. The van der Waals surface area contributed by atoms with Gasteiger partial charge in [-0.1, -0.05) is 25.6 Å². The van der Waals surface area contributed by atoms with Crippen LogP contribution in [0.15, 0.2) is 28.5 Å². The molecule has 148 valence electrons. The molecule has 0 bridgehead atoms. The van der Waals surface area contributed by atoms with Gasteiger partial charge in [0, 0.05) is 21.1 Å². The smallest absolute Gasteiger partial charge is 0.231 e. The summed E-state index contributed by atoms with van der Waals surface area (Å²) in [7, 11) is 0. The van der Waals surface area contributed by atoms with Gasteiger partial charge in [-0.05, 0) is 47.7 Å². The van der Waals surface area contributed by atoms with Gasteiger partial charge < -0.3 is 25.1 Å². The predicted octanol–water partition coefficient (Wildman–Crippen LogP) is 3.28. The maximum atomic E-state index is 6.04. The summed E-state index contributed by atoms with van der Waals surface area (Å²) in [5.41, 5.74) is 7.44. The van der Waals surface area contributed by atoms with Crippen LogP contribution in [-0.2, 0) is 6.54 Å². The lowest BCUT2D eigenvalue weighted by atomic mass is 10.3. The van der Waals surface area contributed by atoms with Gasteiger partial charge >= 0.3 is 0 Å². The second-order valence-corrected chi connectivity index (χ2v) is 8.85. The zero-order chi connectivity index (χ0) is 19.7. The van der Waals surface area contributed by atoms with E-state index >= 15 is 0 Å². The monoisotopic (exact) mass is 511 g/mol. The average molecular weight is 511 g/mol. The molecule has 0 amide bonds. The van der Waals surface area contributed by atoms with Crippen LogP contribution in [0.1, 0.15) is 20.3 Å². The van der Waals surface area contributed by atoms with E-state index in [0.717, 1.165) is 50.3 Å². The Morgan fingerprint density at radius 2 is 2.07 bits per heavy atom. The topological polar surface area (TPSA) is 100 Å². The van der Waals surface area contributed by atoms with Gasteiger partial charge in [0.15, 0.2) is 33.6 Å². The van der Waals surface area contributed by atoms with Crippen molar-refractivity contribution in [2.75, 3.05) is 19.1 Å². The van der Waals surface area contributed by atoms with Gasteiger partial charge in [0.1, 0.15) is 6.33 Å². The molecule has 0 radical (unpaired) electrons. The number of nitrogens with one attached hydrogen (secondary N) is 1. The van der Waals surface area contributed by atoms with Crippen LogP contribution in [0.2, 0.25) is 0 Å². The van der Waals surface area contributed by atoms with Crippen molar-refractivity contribution < 1.29 is 9.47 Å². The van der Waals surface area contributed by atoms with Gasteiger partial charge in [-0.25, -0.2) is 15.0 Å². The maximum absolute atomic E-state index is 6.04. The predicted molar refractivity (Wildman–Crippen MR) is 117 cm³/mol. The van der Waals surface area contributed by atoms with Crippen molar-refractivity contribution >= 4 is 51.3 Å². The fourth-order valence-corrected chi connectivity index (χ4v) is 4.63. The molecule has 8 nitrogen and oxygen atoms in total. The van der Waals surface area contributed by atoms with Crippen molar-refractivity contribution in [3.05, 3.63) is 22.0 Å². The highest BCUT2D eigenvalue weighted by molar-refractivity contribution is 14.1. The van der Waals surface area contributed by atoms with E-state index in [1.807, 2.05) is 12.1 Å². The molecule has 3 heterocycles. The number of rotatable bonds is 7. The number of nitrogen functional groups attached to an aromatic ring is 1. The third kappa shape index (κ3) is 3.98. The fraction of sp³-hybridized carbons (Fsp3) is 0.389. The molecule has 10 heteroatoms. The number of aryl methyl sites for hydroxylation is 1. The number of halogens is 1. The molecule has 0 unspecified atom stereocenters. The number of anilines is 1. The first-order valence-corrected chi connectivity index (χ1v) is 10.9. The molecule has 1 aromatic carbocycles. The molecule has 0 fully saturated rings. The van der Waals surface area contributed by atoms with Gasteiger partial charge in [-0.15, -0.1) is 0 Å². The molecule has 3 N–H and O–H groups in total. The van der Waals surface area contributed by atoms with Crippen LogP contribution in [0.5, 0.6) is 11.5 Å². The summed E-state index contributed by atoms with van der Waals surface area (Å²) in [5.74, 6) is 1.93. The summed E-state index contributed by atoms with van der Waals surface area (Å²) in [6.07, 6.45) is 2.44. The zero-order valence-corrected chi connectivity index (χ0v) is 18.6. The van der Waals surface area contributed by atoms with Crippen LogP contribution in [0, 0.1) is 3.57 Å². The lowest BCUT2D eigenvalue weighted by Crippen LogP contribution is -2.24. The van der Waals surface area contributed by atoms with Crippen LogP contribution < -0.4 is 20.5 Å². The Morgan fingerprint density at radius 3 is 2.86 bits per heavy atom. The van der Waals surface area contributed by atoms with E-state index in [2.05, 4.69) is 56.3 Å². The van der Waals surface area contributed by atoms with Crippen molar-refractivity contribution in [2.45, 2.75) is 42.9 Å². The molecule has 0 saturated carbocycles. The Balaban J connectivity index is 1.66. The largest absolute Gasteiger partial charge is 0.454 e. The Bertz CT molecular complexity index is 1010. The van der Waals surface area contributed by atoms with Gasteiger partial charge in [-0.2, -0.15) is 0 Å². The molecule has 2 aromatic heterocycles. The molecule has 28 heavy (non-hydrogen) atoms. The van der Waals surface area contributed by atoms with Crippen molar-refractivity contribution in [3.8, 4) is 11.5 Å². The number of aromatic nitrogens is 4. The third-order valence-electron chi connectivity index (χ3n) is 4.26. The van der Waals surface area contributed by atoms with Gasteiger partial charge in [0.25, 0.3) is 0 Å². The van der Waals surface area contributed by atoms with Crippen LogP contribution in [0.3, 0.4) is 0 Å². The number of hydrogen-bond donors (Lipinski definition) is 2. The van der Waals surface area contributed by atoms with E-state index in [0.29, 0.717) is 17.4 Å². The number of ether oxygens (including phenoxy) is 2. The van der Waals surface area contributed by atoms with Crippen molar-refractivity contribution in [1.82, 2.24) is 24.8 Å². The van der Waals surface area contributed by atoms with E-state index in [4.69, 9.17) is 20.2 Å². The minimum atomic E-state index is 0.257. The van der Waals surface area contributed by atoms with Crippen LogP contribution >= 0.6 is 34.4 Å². The first-order chi connectivity index (χ1) is 13.5. The summed E-state index contributed by atoms with van der Waals surface area (Å²) in [6, 6.07) is 4.44. The molecule has 4 rings (SSSR count). The molecule has 1 aliphatic heterocycles. The molecule has 0 saturated heterocycles. The number of nitrogens with two attached hydrogens (primary N) is 1. The van der Waals surface area contributed by atoms with E-state index in [-0.39, 0.29) is 6.79 Å². The Morgan fingerprint density at radius 1 is 1.29 bits per heavy atom. The maximum Gasteiger partial charge on any atom is 0.231 e. The quantitative estimate of drug-likeness (QED) is 0.369. The summed E-state index contributed by atoms with van der Waals surface area (Å²) in [4.78, 5) is 14.3. The lowest BCUT2D eigenvalue weighted by molar-refractivity contribution is 0.174. The van der Waals surface area contributed by atoms with Crippen LogP contribution in [0.4, 0.5) is 5.82 Å². The summed E-state index contributed by atoms with van der Waals surface area (Å²) in [6.45, 7) is 6.25. The number of imidazole rings is 1. The fourth-order valence-electron chi connectivity index (χ4n) is 2.92. The van der Waals surface area contributed by atoms with Gasteiger partial charge in [-0.3, -0.25) is 0 Å². The number of nitrogens with zero attached hydrogens (tertiary/aromatic N) is 4. The van der Waals surface area contributed by atoms with Crippen molar-refractivity contribution in [1.29, 1.82) is 0 Å². The lowest BCUT2D eigenvalue weighted by Gasteiger charge is -2.11. The minimum absolute atomic E-state index is 0.257. The van der Waals surface area contributed by atoms with Gasteiger partial charge in [0.05, 0.1) is 0 Å². The molecule has 3 aromatic rings. The molecule has 1 aliphatic rings. The van der Waals surface area contributed by atoms with E-state index in [1.54, 1.807) is 11.8 Å². The SMILES string of the molecule is CC(C)NCCCn1c(Sc2cc3c(cc2I)O[11CH2]O3)nc2c(N)ncnc21. The zero-order valence-electron chi connectivity index (χ0n) is 15.6. The van der Waals surface area contributed by atoms with Crippen molar-refractivity contribution in [3.63, 3.8) is 0 Å². The van der Waals surface area contributed by atoms with Crippen molar-refractivity contribution in [2.24, 2.45) is 0 Å². The Labute approximate surface area is 180 Å². The normalized spacial score (nSPS) is 13.0. The highest BCUT2D eigenvalue weighted by Crippen LogP contribution is 2.41. The van der Waals surface area contributed by atoms with Crippen LogP contribution in [-0.4, -0.2) is 38.9 Å². The number of hydrogen-bond acceptors (Lipinski definition) is 8. The number of benzene rings is 1. The molecular formula is C18H21IN6O2S. The highest BCUT2D eigenvalue weighted by atomic mass is 127. The summed E-state index contributed by atoms with van der Waals surface area (Å²) < 4.78 is 14.2. The first kappa shape index (κ1) is 19.5. The first-order valence-electron chi connectivity index (χ1n) is 9.00. The average Bonchev–Trinajstić information content (AvgIpc) is 3.24. The van der Waals surface area contributed by atoms with E-state index in [9.17, 15) is 0 Å². The highest BCUT2D eigenvalue weighted by Gasteiger charge is 2.20. The minimum Gasteiger partial charge on any atom is -0.454 e. The second kappa shape index (κ2) is 8.29.